The number of carbonyl (C=O) groups excluding carboxylic acids is 1. The lowest BCUT2D eigenvalue weighted by molar-refractivity contribution is -0.118. The van der Waals surface area contributed by atoms with E-state index in [1.54, 1.807) is 4.31 Å². The number of nitrogens with one attached hydrogen (secondary N) is 1. The molecule has 1 amide bonds. The molecule has 9 heteroatoms. The molecule has 2 bridgehead atoms. The van der Waals surface area contributed by atoms with Crippen molar-refractivity contribution in [1.29, 1.82) is 0 Å². The van der Waals surface area contributed by atoms with E-state index in [1.165, 1.54) is 6.92 Å². The molecule has 0 spiro atoms. The number of rotatable bonds is 7. The van der Waals surface area contributed by atoms with Crippen LogP contribution in [0.3, 0.4) is 0 Å². The minimum atomic E-state index is -3.46. The normalized spacial score (nSPS) is 25.1. The fourth-order valence-corrected chi connectivity index (χ4v) is 6.38. The van der Waals surface area contributed by atoms with Crippen LogP contribution >= 0.6 is 0 Å². The summed E-state index contributed by atoms with van der Waals surface area (Å²) < 4.78 is 67.2. The van der Waals surface area contributed by atoms with Crippen molar-refractivity contribution in [3.8, 4) is 0 Å². The highest BCUT2D eigenvalue weighted by molar-refractivity contribution is 7.89. The lowest BCUT2D eigenvalue weighted by Gasteiger charge is -2.38. The number of halogens is 3. The van der Waals surface area contributed by atoms with E-state index in [2.05, 4.69) is 5.32 Å². The average molecular weight is 418 g/mol. The van der Waals surface area contributed by atoms with Crippen molar-refractivity contribution in [3.63, 3.8) is 0 Å². The van der Waals surface area contributed by atoms with Crippen LogP contribution in [0.2, 0.25) is 0 Å². The van der Waals surface area contributed by atoms with Crippen LogP contribution in [0, 0.1) is 23.4 Å². The highest BCUT2D eigenvalue weighted by Crippen LogP contribution is 2.42. The first-order chi connectivity index (χ1) is 13.2. The Bertz CT molecular complexity index is 833. The zero-order valence-electron chi connectivity index (χ0n) is 15.8. The van der Waals surface area contributed by atoms with Gasteiger partial charge in [0, 0.05) is 31.6 Å². The highest BCUT2D eigenvalue weighted by Gasteiger charge is 2.46. The molecular weight excluding hydrogens is 393 g/mol. The molecule has 2 unspecified atom stereocenters. The maximum atomic E-state index is 13.8. The molecule has 2 aliphatic heterocycles. The number of hydrogen-bond acceptors (Lipinski definition) is 3. The number of carbonyl (C=O) groups is 1. The molecule has 3 atom stereocenters. The minimum Gasteiger partial charge on any atom is -0.355 e. The minimum absolute atomic E-state index is 0.0825. The maximum absolute atomic E-state index is 13.8. The monoisotopic (exact) mass is 418 g/mol. The molecule has 1 aromatic carbocycles. The molecule has 0 saturated carbocycles. The number of aryl methyl sites for hydroxylation is 1. The Kier molecular flexibility index (Phi) is 6.34. The smallest absolute Gasteiger partial charge is 0.216 e. The fraction of sp³-hybridized carbons (Fsp3) is 0.632. The van der Waals surface area contributed by atoms with Crippen molar-refractivity contribution in [1.82, 2.24) is 9.62 Å². The summed E-state index contributed by atoms with van der Waals surface area (Å²) in [5.41, 5.74) is 0.150. The van der Waals surface area contributed by atoms with Crippen molar-refractivity contribution in [2.24, 2.45) is 5.92 Å². The van der Waals surface area contributed by atoms with Gasteiger partial charge in [0.1, 0.15) is 5.82 Å². The summed E-state index contributed by atoms with van der Waals surface area (Å²) in [4.78, 5) is 11.0. The zero-order chi connectivity index (χ0) is 20.5. The van der Waals surface area contributed by atoms with E-state index in [0.29, 0.717) is 31.7 Å². The molecule has 0 radical (unpaired) electrons. The maximum Gasteiger partial charge on any atom is 0.216 e. The van der Waals surface area contributed by atoms with Gasteiger partial charge < -0.3 is 5.32 Å². The number of nitrogens with zero attached hydrogens (tertiary/aromatic N) is 1. The van der Waals surface area contributed by atoms with Gasteiger partial charge >= 0.3 is 0 Å². The molecule has 2 fully saturated rings. The quantitative estimate of drug-likeness (QED) is 0.693. The van der Waals surface area contributed by atoms with Gasteiger partial charge in [-0.1, -0.05) is 0 Å². The first-order valence-electron chi connectivity index (χ1n) is 9.56. The first-order valence-corrected chi connectivity index (χ1v) is 11.2. The standard InChI is InChI=1S/C19H25F3N2O3S/c1-12(25)23-6-7-28(26,27)24-15-4-5-16(24)9-13(8-15)2-3-14-10-18(21)19(22)11-17(14)20/h10-11,13,15-16H,2-9H2,1H3,(H,23,25)/t13?,15-,16?/m0/s1. The second kappa shape index (κ2) is 8.41. The third-order valence-corrected chi connectivity index (χ3v) is 7.69. The van der Waals surface area contributed by atoms with Gasteiger partial charge in [-0.05, 0) is 56.1 Å². The van der Waals surface area contributed by atoms with Crippen LogP contribution in [0.1, 0.15) is 44.6 Å². The number of amides is 1. The van der Waals surface area contributed by atoms with Gasteiger partial charge in [-0.25, -0.2) is 21.6 Å². The summed E-state index contributed by atoms with van der Waals surface area (Å²) in [5, 5.41) is 2.51. The fourth-order valence-electron chi connectivity index (χ4n) is 4.51. The summed E-state index contributed by atoms with van der Waals surface area (Å²) in [6.45, 7) is 1.43. The van der Waals surface area contributed by atoms with Crippen LogP contribution in [0.5, 0.6) is 0 Å². The average Bonchev–Trinajstić information content (AvgIpc) is 2.89. The molecule has 2 saturated heterocycles. The second-order valence-electron chi connectivity index (χ2n) is 7.75. The Morgan fingerprint density at radius 1 is 1.11 bits per heavy atom. The Morgan fingerprint density at radius 3 is 2.32 bits per heavy atom. The Hall–Kier alpha value is -1.61. The summed E-state index contributed by atoms with van der Waals surface area (Å²) in [7, 11) is -3.46. The Morgan fingerprint density at radius 2 is 1.71 bits per heavy atom. The third-order valence-electron chi connectivity index (χ3n) is 5.73. The molecule has 0 aliphatic carbocycles. The molecule has 156 valence electrons. The van der Waals surface area contributed by atoms with E-state index in [-0.39, 0.29) is 41.8 Å². The molecule has 5 nitrogen and oxygen atoms in total. The van der Waals surface area contributed by atoms with Crippen molar-refractivity contribution in [3.05, 3.63) is 35.1 Å². The summed E-state index contributed by atoms with van der Waals surface area (Å²) in [6, 6.07) is 1.31. The van der Waals surface area contributed by atoms with Crippen molar-refractivity contribution in [2.45, 2.75) is 57.5 Å². The predicted molar refractivity (Wildman–Crippen MR) is 98.5 cm³/mol. The van der Waals surface area contributed by atoms with E-state index < -0.39 is 27.5 Å². The van der Waals surface area contributed by atoms with Crippen LogP contribution in [0.25, 0.3) is 0 Å². The lowest BCUT2D eigenvalue weighted by Crippen LogP contribution is -2.48. The molecule has 1 N–H and O–H groups in total. The Balaban J connectivity index is 1.59. The molecule has 2 heterocycles. The summed E-state index contributed by atoms with van der Waals surface area (Å²) >= 11 is 0. The Labute approximate surface area is 163 Å². The van der Waals surface area contributed by atoms with Crippen LogP contribution < -0.4 is 5.32 Å². The number of benzene rings is 1. The third kappa shape index (κ3) is 4.68. The SMILES string of the molecule is CC(=O)NCCS(=O)(=O)N1C2CC[C@H]1CC(CCc1cc(F)c(F)cc1F)C2. The van der Waals surface area contributed by atoms with E-state index in [4.69, 9.17) is 0 Å². The molecule has 3 rings (SSSR count). The topological polar surface area (TPSA) is 66.5 Å². The van der Waals surface area contributed by atoms with Gasteiger partial charge in [0.2, 0.25) is 15.9 Å². The second-order valence-corrected chi connectivity index (χ2v) is 9.74. The van der Waals surface area contributed by atoms with Crippen LogP contribution in [-0.4, -0.2) is 43.0 Å². The first kappa shape index (κ1) is 21.1. The van der Waals surface area contributed by atoms with Gasteiger partial charge in [-0.3, -0.25) is 4.79 Å². The van der Waals surface area contributed by atoms with E-state index in [0.717, 1.165) is 18.9 Å². The van der Waals surface area contributed by atoms with E-state index in [9.17, 15) is 26.4 Å². The zero-order valence-corrected chi connectivity index (χ0v) is 16.6. The molecule has 0 aromatic heterocycles. The number of fused-ring (bicyclic) bond motifs is 2. The van der Waals surface area contributed by atoms with Crippen LogP contribution in [0.15, 0.2) is 12.1 Å². The van der Waals surface area contributed by atoms with Gasteiger partial charge in [0.15, 0.2) is 11.6 Å². The van der Waals surface area contributed by atoms with Gasteiger partial charge in [-0.2, -0.15) is 4.31 Å². The summed E-state index contributed by atoms with van der Waals surface area (Å²) in [6.07, 6.45) is 3.85. The molecule has 1 aromatic rings. The number of sulfonamides is 1. The largest absolute Gasteiger partial charge is 0.355 e. The van der Waals surface area contributed by atoms with E-state index >= 15 is 0 Å². The molecular formula is C19H25F3N2O3S. The summed E-state index contributed by atoms with van der Waals surface area (Å²) in [5.74, 6) is -3.17. The van der Waals surface area contributed by atoms with Crippen molar-refractivity contribution < 1.29 is 26.4 Å². The molecule has 2 aliphatic rings. The van der Waals surface area contributed by atoms with Crippen molar-refractivity contribution in [2.75, 3.05) is 12.3 Å². The highest BCUT2D eigenvalue weighted by atomic mass is 32.2. The van der Waals surface area contributed by atoms with Gasteiger partial charge in [-0.15, -0.1) is 0 Å². The molecule has 28 heavy (non-hydrogen) atoms. The van der Waals surface area contributed by atoms with E-state index in [1.807, 2.05) is 0 Å². The van der Waals surface area contributed by atoms with Crippen molar-refractivity contribution >= 4 is 15.9 Å². The number of piperidine rings is 1. The number of hydrogen-bond donors (Lipinski definition) is 1. The van der Waals surface area contributed by atoms with Crippen LogP contribution in [-0.2, 0) is 21.2 Å². The van der Waals surface area contributed by atoms with Gasteiger partial charge in [0.05, 0.1) is 5.75 Å². The lowest BCUT2D eigenvalue weighted by atomic mass is 9.87. The predicted octanol–water partition coefficient (Wildman–Crippen LogP) is 2.75. The van der Waals surface area contributed by atoms with Crippen LogP contribution in [0.4, 0.5) is 13.2 Å². The van der Waals surface area contributed by atoms with Gasteiger partial charge in [0.25, 0.3) is 0 Å².